The van der Waals surface area contributed by atoms with Crippen molar-refractivity contribution >= 4 is 16.9 Å². The lowest BCUT2D eigenvalue weighted by Gasteiger charge is -2.36. The number of carbonyl (C=O) groups is 1. The van der Waals surface area contributed by atoms with Crippen LogP contribution in [0.15, 0.2) is 6.07 Å². The lowest BCUT2D eigenvalue weighted by atomic mass is 9.95. The zero-order valence-electron chi connectivity index (χ0n) is 13.3. The minimum Gasteiger partial charge on any atom is -0.427 e. The summed E-state index contributed by atoms with van der Waals surface area (Å²) >= 11 is 0. The van der Waals surface area contributed by atoms with Crippen molar-refractivity contribution in [2.45, 2.75) is 38.9 Å². The Hall–Kier alpha value is -2.46. The molecule has 0 aliphatic carbocycles. The second kappa shape index (κ2) is 5.87. The Kier molecular flexibility index (Phi) is 4.01. The number of benzene rings is 1. The number of nitrogens with zero attached hydrogens (tertiary/aromatic N) is 1. The van der Waals surface area contributed by atoms with Gasteiger partial charge in [-0.15, -0.1) is 0 Å². The van der Waals surface area contributed by atoms with Crippen LogP contribution in [0.25, 0.3) is 10.9 Å². The average Bonchev–Trinajstić information content (AvgIpc) is 2.89. The maximum Gasteiger partial charge on any atom is 0.305 e. The molecule has 0 saturated heterocycles. The molecule has 2 heterocycles. The molecule has 1 unspecified atom stereocenters. The summed E-state index contributed by atoms with van der Waals surface area (Å²) in [6, 6.07) is 2.47. The predicted octanol–water partition coefficient (Wildman–Crippen LogP) is 3.41. The van der Waals surface area contributed by atoms with Gasteiger partial charge in [0.1, 0.15) is 17.7 Å². The Bertz CT molecular complexity index is 869. The standard InChI is InChI=1S/C17H16F2N2O3/c1-3-5-17(24-9(2)22)16-10(4-6-23-17)14-11(8-20)12(18)7-13(19)15(14)21-16/h7,21H,3-6H2,1-2H3. The van der Waals surface area contributed by atoms with E-state index >= 15 is 0 Å². The van der Waals surface area contributed by atoms with Gasteiger partial charge in [-0.3, -0.25) is 4.79 Å². The first-order chi connectivity index (χ1) is 11.4. The van der Waals surface area contributed by atoms with Crippen LogP contribution in [0, 0.1) is 23.0 Å². The van der Waals surface area contributed by atoms with Crippen molar-refractivity contribution in [3.63, 3.8) is 0 Å². The van der Waals surface area contributed by atoms with Gasteiger partial charge in [0.05, 0.1) is 23.4 Å². The highest BCUT2D eigenvalue weighted by molar-refractivity contribution is 5.91. The SMILES string of the molecule is CCCC1(OC(C)=O)OCCc2c1[nH]c1c(F)cc(F)c(C#N)c21. The molecule has 0 radical (unpaired) electrons. The number of hydrogen-bond acceptors (Lipinski definition) is 4. The van der Waals surface area contributed by atoms with Crippen LogP contribution in [0.4, 0.5) is 8.78 Å². The van der Waals surface area contributed by atoms with Gasteiger partial charge >= 0.3 is 5.97 Å². The van der Waals surface area contributed by atoms with E-state index in [0.717, 1.165) is 0 Å². The fourth-order valence-electron chi connectivity index (χ4n) is 3.33. The Morgan fingerprint density at radius 3 is 2.88 bits per heavy atom. The monoisotopic (exact) mass is 334 g/mol. The number of rotatable bonds is 3. The molecule has 1 atom stereocenters. The molecule has 0 bridgehead atoms. The van der Waals surface area contributed by atoms with E-state index < -0.39 is 23.4 Å². The largest absolute Gasteiger partial charge is 0.427 e. The van der Waals surface area contributed by atoms with E-state index in [1.54, 1.807) is 6.07 Å². The smallest absolute Gasteiger partial charge is 0.305 e. The second-order valence-electron chi connectivity index (χ2n) is 5.75. The third-order valence-corrected chi connectivity index (χ3v) is 4.15. The number of H-pyrrole nitrogens is 1. The molecule has 1 N–H and O–H groups in total. The minimum absolute atomic E-state index is 0.0241. The zero-order chi connectivity index (χ0) is 17.5. The summed E-state index contributed by atoms with van der Waals surface area (Å²) in [6.07, 6.45) is 1.36. The molecule has 1 aromatic heterocycles. The van der Waals surface area contributed by atoms with Crippen LogP contribution in [0.1, 0.15) is 43.5 Å². The molecular weight excluding hydrogens is 318 g/mol. The van der Waals surface area contributed by atoms with E-state index in [-0.39, 0.29) is 23.1 Å². The normalized spacial score (nSPS) is 19.8. The quantitative estimate of drug-likeness (QED) is 0.873. The third-order valence-electron chi connectivity index (χ3n) is 4.15. The number of fused-ring (bicyclic) bond motifs is 3. The van der Waals surface area contributed by atoms with Crippen molar-refractivity contribution in [3.8, 4) is 6.07 Å². The number of carbonyl (C=O) groups excluding carboxylic acids is 1. The highest BCUT2D eigenvalue weighted by atomic mass is 19.1. The predicted molar refractivity (Wildman–Crippen MR) is 80.9 cm³/mol. The van der Waals surface area contributed by atoms with Crippen LogP contribution in [0.5, 0.6) is 0 Å². The van der Waals surface area contributed by atoms with Gasteiger partial charge in [-0.05, 0) is 18.4 Å². The zero-order valence-corrected chi connectivity index (χ0v) is 13.3. The number of halogens is 2. The first kappa shape index (κ1) is 16.4. The molecule has 0 fully saturated rings. The maximum atomic E-state index is 14.2. The number of hydrogen-bond donors (Lipinski definition) is 1. The summed E-state index contributed by atoms with van der Waals surface area (Å²) in [6.45, 7) is 3.38. The molecule has 5 nitrogen and oxygen atoms in total. The van der Waals surface area contributed by atoms with E-state index in [9.17, 15) is 18.8 Å². The molecule has 24 heavy (non-hydrogen) atoms. The highest BCUT2D eigenvalue weighted by Gasteiger charge is 2.43. The van der Waals surface area contributed by atoms with Crippen LogP contribution < -0.4 is 0 Å². The minimum atomic E-state index is -1.37. The molecule has 0 spiro atoms. The van der Waals surface area contributed by atoms with Gasteiger partial charge in [0.25, 0.3) is 5.79 Å². The number of ether oxygens (including phenoxy) is 2. The molecule has 1 aromatic carbocycles. The van der Waals surface area contributed by atoms with E-state index in [2.05, 4.69) is 4.98 Å². The fraction of sp³-hybridized carbons (Fsp3) is 0.412. The molecule has 1 aliphatic heterocycles. The van der Waals surface area contributed by atoms with Gasteiger partial charge in [-0.1, -0.05) is 6.92 Å². The van der Waals surface area contributed by atoms with E-state index in [1.807, 2.05) is 6.92 Å². The molecule has 0 amide bonds. The van der Waals surface area contributed by atoms with E-state index in [0.29, 0.717) is 36.6 Å². The second-order valence-corrected chi connectivity index (χ2v) is 5.75. The van der Waals surface area contributed by atoms with Crippen molar-refractivity contribution in [2.24, 2.45) is 0 Å². The van der Waals surface area contributed by atoms with Crippen LogP contribution in [-0.4, -0.2) is 17.6 Å². The summed E-state index contributed by atoms with van der Waals surface area (Å²) in [5.41, 5.74) is 0.734. The van der Waals surface area contributed by atoms with Crippen molar-refractivity contribution in [1.82, 2.24) is 4.98 Å². The number of nitriles is 1. The van der Waals surface area contributed by atoms with Crippen molar-refractivity contribution in [1.29, 1.82) is 5.26 Å². The number of nitrogens with one attached hydrogen (secondary N) is 1. The van der Waals surface area contributed by atoms with Gasteiger partial charge in [0.15, 0.2) is 0 Å². The molecule has 3 rings (SSSR count). The summed E-state index contributed by atoms with van der Waals surface area (Å²) in [7, 11) is 0. The summed E-state index contributed by atoms with van der Waals surface area (Å²) in [5, 5.41) is 9.46. The number of aromatic amines is 1. The summed E-state index contributed by atoms with van der Waals surface area (Å²) < 4.78 is 39.4. The summed E-state index contributed by atoms with van der Waals surface area (Å²) in [5.74, 6) is -3.63. The molecule has 2 aromatic rings. The van der Waals surface area contributed by atoms with Gasteiger partial charge in [-0.25, -0.2) is 8.78 Å². The van der Waals surface area contributed by atoms with Gasteiger partial charge in [-0.2, -0.15) is 5.26 Å². The Morgan fingerprint density at radius 2 is 2.25 bits per heavy atom. The van der Waals surface area contributed by atoms with E-state index in [1.165, 1.54) is 6.92 Å². The molecule has 0 saturated carbocycles. The maximum absolute atomic E-state index is 14.2. The Balaban J connectivity index is 2.34. The van der Waals surface area contributed by atoms with Gasteiger partial charge < -0.3 is 14.5 Å². The average molecular weight is 334 g/mol. The molecule has 7 heteroatoms. The molecule has 1 aliphatic rings. The first-order valence-corrected chi connectivity index (χ1v) is 7.70. The number of aromatic nitrogens is 1. The van der Waals surface area contributed by atoms with E-state index in [4.69, 9.17) is 9.47 Å². The lowest BCUT2D eigenvalue weighted by molar-refractivity contribution is -0.247. The molecule has 126 valence electrons. The topological polar surface area (TPSA) is 75.1 Å². The van der Waals surface area contributed by atoms with Crippen molar-refractivity contribution in [2.75, 3.05) is 6.61 Å². The fourth-order valence-corrected chi connectivity index (χ4v) is 3.33. The van der Waals surface area contributed by atoms with Crippen LogP contribution in [-0.2, 0) is 26.5 Å². The van der Waals surface area contributed by atoms with Crippen molar-refractivity contribution in [3.05, 3.63) is 34.5 Å². The van der Waals surface area contributed by atoms with Gasteiger partial charge in [0.2, 0.25) is 0 Å². The van der Waals surface area contributed by atoms with Crippen LogP contribution in [0.3, 0.4) is 0 Å². The Morgan fingerprint density at radius 1 is 1.50 bits per heavy atom. The Labute approximate surface area is 137 Å². The highest BCUT2D eigenvalue weighted by Crippen LogP contribution is 2.42. The molecular formula is C17H16F2N2O3. The van der Waals surface area contributed by atoms with Crippen molar-refractivity contribution < 1.29 is 23.0 Å². The lowest BCUT2D eigenvalue weighted by Crippen LogP contribution is -2.39. The van der Waals surface area contributed by atoms with Gasteiger partial charge in [0, 0.05) is 24.8 Å². The van der Waals surface area contributed by atoms with Crippen LogP contribution >= 0.6 is 0 Å². The summed E-state index contributed by atoms with van der Waals surface area (Å²) in [4.78, 5) is 14.4. The first-order valence-electron chi connectivity index (χ1n) is 7.70. The van der Waals surface area contributed by atoms with Crippen LogP contribution in [0.2, 0.25) is 0 Å². The third kappa shape index (κ3) is 2.34. The number of esters is 1.